The van der Waals surface area contributed by atoms with E-state index in [4.69, 9.17) is 0 Å². The van der Waals surface area contributed by atoms with Gasteiger partial charge in [0.15, 0.2) is 0 Å². The number of hydrogen-bond acceptors (Lipinski definition) is 1. The lowest BCUT2D eigenvalue weighted by molar-refractivity contribution is 0.677. The molecule has 24 heavy (non-hydrogen) atoms. The Morgan fingerprint density at radius 3 is 2.33 bits per heavy atom. The van der Waals surface area contributed by atoms with Crippen molar-refractivity contribution in [2.75, 3.05) is 0 Å². The van der Waals surface area contributed by atoms with Crippen LogP contribution in [0.1, 0.15) is 35.6 Å². The van der Waals surface area contributed by atoms with Gasteiger partial charge in [0.1, 0.15) is 0 Å². The normalized spacial score (nSPS) is 15.1. The zero-order valence-electron chi connectivity index (χ0n) is 13.5. The van der Waals surface area contributed by atoms with Gasteiger partial charge < -0.3 is 4.57 Å². The van der Waals surface area contributed by atoms with Gasteiger partial charge in [0, 0.05) is 12.4 Å². The van der Waals surface area contributed by atoms with Crippen molar-refractivity contribution in [3.8, 4) is 0 Å². The van der Waals surface area contributed by atoms with Crippen LogP contribution in [-0.2, 0) is 0 Å². The van der Waals surface area contributed by atoms with Gasteiger partial charge >= 0.3 is 0 Å². The van der Waals surface area contributed by atoms with E-state index in [0.717, 1.165) is 12.8 Å². The van der Waals surface area contributed by atoms with Crippen molar-refractivity contribution in [3.05, 3.63) is 108 Å². The van der Waals surface area contributed by atoms with Crippen molar-refractivity contribution in [1.82, 2.24) is 9.55 Å². The van der Waals surface area contributed by atoms with Gasteiger partial charge in [0.05, 0.1) is 12.4 Å². The number of rotatable bonds is 4. The minimum Gasteiger partial charge on any atom is -0.326 e. The molecule has 0 spiro atoms. The molecule has 1 heterocycles. The Morgan fingerprint density at radius 1 is 0.875 bits per heavy atom. The molecule has 0 radical (unpaired) electrons. The van der Waals surface area contributed by atoms with Gasteiger partial charge in [-0.1, -0.05) is 72.8 Å². The van der Waals surface area contributed by atoms with E-state index in [9.17, 15) is 0 Å². The van der Waals surface area contributed by atoms with E-state index in [0.29, 0.717) is 0 Å². The Morgan fingerprint density at radius 2 is 1.67 bits per heavy atom. The van der Waals surface area contributed by atoms with E-state index >= 15 is 0 Å². The van der Waals surface area contributed by atoms with Gasteiger partial charge in [-0.05, 0) is 35.1 Å². The summed E-state index contributed by atoms with van der Waals surface area (Å²) in [6.45, 7) is 0. The maximum atomic E-state index is 4.23. The largest absolute Gasteiger partial charge is 0.326 e. The van der Waals surface area contributed by atoms with Gasteiger partial charge in [-0.2, -0.15) is 0 Å². The second kappa shape index (κ2) is 6.71. The van der Waals surface area contributed by atoms with E-state index in [1.165, 1.54) is 22.3 Å². The molecule has 0 saturated carbocycles. The Hall–Kier alpha value is -2.87. The number of hydrogen-bond donors (Lipinski definition) is 0. The maximum absolute atomic E-state index is 4.23. The summed E-state index contributed by atoms with van der Waals surface area (Å²) in [5, 5.41) is 0. The Bertz CT molecular complexity index is 841. The highest BCUT2D eigenvalue weighted by molar-refractivity contribution is 5.74. The molecule has 1 aliphatic carbocycles. The molecule has 2 heteroatoms. The summed E-state index contributed by atoms with van der Waals surface area (Å²) in [6, 6.07) is 19.6. The van der Waals surface area contributed by atoms with Crippen LogP contribution in [0.15, 0.2) is 91.5 Å². The third-order valence-corrected chi connectivity index (χ3v) is 4.49. The molecule has 0 bridgehead atoms. The first kappa shape index (κ1) is 14.7. The van der Waals surface area contributed by atoms with E-state index in [1.54, 1.807) is 0 Å². The fraction of sp³-hybridized carbons (Fsp3) is 0.136. The van der Waals surface area contributed by atoms with Crippen molar-refractivity contribution in [1.29, 1.82) is 0 Å². The molecule has 118 valence electrons. The lowest BCUT2D eigenvalue weighted by Gasteiger charge is -2.20. The van der Waals surface area contributed by atoms with Gasteiger partial charge in [0.25, 0.3) is 0 Å². The van der Waals surface area contributed by atoms with E-state index in [2.05, 4.69) is 82.4 Å². The smallest absolute Gasteiger partial charge is 0.0954 e. The van der Waals surface area contributed by atoms with Gasteiger partial charge in [-0.3, -0.25) is 0 Å². The van der Waals surface area contributed by atoms with Crippen LogP contribution in [0.2, 0.25) is 0 Å². The Balaban J connectivity index is 1.71. The molecule has 2 aromatic carbocycles. The lowest BCUT2D eigenvalue weighted by Crippen LogP contribution is -2.10. The monoisotopic (exact) mass is 312 g/mol. The first-order chi connectivity index (χ1) is 11.9. The van der Waals surface area contributed by atoms with Crippen LogP contribution in [0.5, 0.6) is 0 Å². The molecule has 4 rings (SSSR count). The average molecular weight is 312 g/mol. The van der Waals surface area contributed by atoms with Crippen LogP contribution in [0, 0.1) is 0 Å². The molecule has 1 unspecified atom stereocenters. The van der Waals surface area contributed by atoms with Crippen LogP contribution in [0.4, 0.5) is 0 Å². The SMILES string of the molecule is C1=CC(c2ccc(C(c3ccccc3)n3ccnc3)cc2)=CCC1. The van der Waals surface area contributed by atoms with Crippen LogP contribution in [-0.4, -0.2) is 9.55 Å². The van der Waals surface area contributed by atoms with Gasteiger partial charge in [-0.25, -0.2) is 4.98 Å². The van der Waals surface area contributed by atoms with Crippen LogP contribution < -0.4 is 0 Å². The highest BCUT2D eigenvalue weighted by Crippen LogP contribution is 2.28. The molecular formula is C22H20N2. The average Bonchev–Trinajstić information content (AvgIpc) is 3.18. The summed E-state index contributed by atoms with van der Waals surface area (Å²) in [6.07, 6.45) is 14.8. The molecule has 1 atom stereocenters. The van der Waals surface area contributed by atoms with Crippen LogP contribution in [0.25, 0.3) is 5.57 Å². The standard InChI is InChI=1S/C22H20N2/c1-3-7-18(8-4-1)19-11-13-21(14-12-19)22(24-16-15-23-17-24)20-9-5-2-6-10-20/h2-3,5-17,22H,1,4H2. The maximum Gasteiger partial charge on any atom is 0.0954 e. The second-order valence-corrected chi connectivity index (χ2v) is 6.08. The van der Waals surface area contributed by atoms with Gasteiger partial charge in [-0.15, -0.1) is 0 Å². The first-order valence-corrected chi connectivity index (χ1v) is 8.41. The van der Waals surface area contributed by atoms with Crippen molar-refractivity contribution >= 4 is 5.57 Å². The summed E-state index contributed by atoms with van der Waals surface area (Å²) >= 11 is 0. The molecule has 0 fully saturated rings. The summed E-state index contributed by atoms with van der Waals surface area (Å²) < 4.78 is 2.16. The molecule has 0 aliphatic heterocycles. The number of aromatic nitrogens is 2. The fourth-order valence-electron chi connectivity index (χ4n) is 3.28. The molecule has 0 amide bonds. The topological polar surface area (TPSA) is 17.8 Å². The molecule has 0 N–H and O–H groups in total. The predicted molar refractivity (Wildman–Crippen MR) is 98.7 cm³/mol. The molecule has 0 saturated heterocycles. The Kier molecular flexibility index (Phi) is 4.11. The predicted octanol–water partition coefficient (Wildman–Crippen LogP) is 5.25. The molecule has 2 nitrogen and oxygen atoms in total. The van der Waals surface area contributed by atoms with E-state index in [1.807, 2.05) is 18.7 Å². The van der Waals surface area contributed by atoms with Gasteiger partial charge in [0.2, 0.25) is 0 Å². The molecule has 3 aromatic rings. The number of imidazole rings is 1. The highest BCUT2D eigenvalue weighted by Gasteiger charge is 2.15. The lowest BCUT2D eigenvalue weighted by atomic mass is 9.94. The highest BCUT2D eigenvalue weighted by atomic mass is 15.0. The Labute approximate surface area is 142 Å². The third-order valence-electron chi connectivity index (χ3n) is 4.49. The van der Waals surface area contributed by atoms with E-state index in [-0.39, 0.29) is 6.04 Å². The molecule has 1 aromatic heterocycles. The number of allylic oxidation sites excluding steroid dienone is 4. The van der Waals surface area contributed by atoms with Crippen molar-refractivity contribution < 1.29 is 0 Å². The zero-order chi connectivity index (χ0) is 16.2. The minimum atomic E-state index is 0.152. The summed E-state index contributed by atoms with van der Waals surface area (Å²) in [5.74, 6) is 0. The summed E-state index contributed by atoms with van der Waals surface area (Å²) in [4.78, 5) is 4.23. The fourth-order valence-corrected chi connectivity index (χ4v) is 3.28. The van der Waals surface area contributed by atoms with Crippen molar-refractivity contribution in [2.24, 2.45) is 0 Å². The van der Waals surface area contributed by atoms with Crippen molar-refractivity contribution in [3.63, 3.8) is 0 Å². The summed E-state index contributed by atoms with van der Waals surface area (Å²) in [5.41, 5.74) is 5.14. The second-order valence-electron chi connectivity index (χ2n) is 6.08. The third kappa shape index (κ3) is 2.95. The molecular weight excluding hydrogens is 292 g/mol. The summed E-state index contributed by atoms with van der Waals surface area (Å²) in [7, 11) is 0. The first-order valence-electron chi connectivity index (χ1n) is 8.41. The molecule has 1 aliphatic rings. The van der Waals surface area contributed by atoms with Crippen LogP contribution >= 0.6 is 0 Å². The zero-order valence-corrected chi connectivity index (χ0v) is 13.5. The number of nitrogens with zero attached hydrogens (tertiary/aromatic N) is 2. The quantitative estimate of drug-likeness (QED) is 0.643. The van der Waals surface area contributed by atoms with Crippen molar-refractivity contribution in [2.45, 2.75) is 18.9 Å². The van der Waals surface area contributed by atoms with E-state index < -0.39 is 0 Å². The minimum absolute atomic E-state index is 0.152. The number of benzene rings is 2. The van der Waals surface area contributed by atoms with Crippen LogP contribution in [0.3, 0.4) is 0 Å².